The molecule has 28 heavy (non-hydrogen) atoms. The molecule has 140 valence electrons. The second-order valence-electron chi connectivity index (χ2n) is 5.91. The van der Waals surface area contributed by atoms with E-state index in [1.54, 1.807) is 42.5 Å². The van der Waals surface area contributed by atoms with Crippen LogP contribution >= 0.6 is 0 Å². The van der Waals surface area contributed by atoms with Gasteiger partial charge >= 0.3 is 5.69 Å². The summed E-state index contributed by atoms with van der Waals surface area (Å²) in [5.41, 5.74) is 0.738. The van der Waals surface area contributed by atoms with Gasteiger partial charge in [-0.25, -0.2) is 4.79 Å². The number of amides is 1. The van der Waals surface area contributed by atoms with Gasteiger partial charge < -0.3 is 10.1 Å². The number of nitriles is 1. The molecule has 8 nitrogen and oxygen atoms in total. The summed E-state index contributed by atoms with van der Waals surface area (Å²) in [6.45, 7) is 0.0430. The van der Waals surface area contributed by atoms with Gasteiger partial charge in [0.1, 0.15) is 18.9 Å². The van der Waals surface area contributed by atoms with Gasteiger partial charge in [-0.2, -0.15) is 5.26 Å². The summed E-state index contributed by atoms with van der Waals surface area (Å²) in [5, 5.41) is 11.6. The monoisotopic (exact) mass is 376 g/mol. The lowest BCUT2D eigenvalue weighted by atomic mass is 10.1. The maximum atomic E-state index is 12.1. The van der Waals surface area contributed by atoms with Crippen molar-refractivity contribution in [2.75, 3.05) is 5.32 Å². The molecule has 1 amide bonds. The normalized spacial score (nSPS) is 10.1. The third kappa shape index (κ3) is 4.95. The number of rotatable bonds is 6. The van der Waals surface area contributed by atoms with Crippen molar-refractivity contribution >= 4 is 11.6 Å². The summed E-state index contributed by atoms with van der Waals surface area (Å²) in [4.78, 5) is 36.9. The fourth-order valence-corrected chi connectivity index (χ4v) is 2.48. The SMILES string of the molecule is N#Cc1cccc(COc2cccc(NC(=O)Cn3ccc(=O)[nH]c3=O)c2)c1. The van der Waals surface area contributed by atoms with Crippen LogP contribution in [-0.2, 0) is 17.9 Å². The molecule has 0 saturated heterocycles. The molecular formula is C20H16N4O4. The average molecular weight is 376 g/mol. The fraction of sp³-hybridized carbons (Fsp3) is 0.100. The largest absolute Gasteiger partial charge is 0.489 e. The molecule has 3 rings (SSSR count). The van der Waals surface area contributed by atoms with Gasteiger partial charge in [0.2, 0.25) is 5.91 Å². The second-order valence-corrected chi connectivity index (χ2v) is 5.91. The molecule has 0 fully saturated rings. The number of ether oxygens (including phenoxy) is 1. The van der Waals surface area contributed by atoms with E-state index in [-0.39, 0.29) is 13.2 Å². The number of nitrogens with zero attached hydrogens (tertiary/aromatic N) is 2. The molecule has 2 aromatic carbocycles. The number of carbonyl (C=O) groups excluding carboxylic acids is 1. The predicted octanol–water partition coefficient (Wildman–Crippen LogP) is 1.63. The molecule has 3 aromatic rings. The first-order valence-corrected chi connectivity index (χ1v) is 8.35. The van der Waals surface area contributed by atoms with Crippen LogP contribution in [0.25, 0.3) is 0 Å². The van der Waals surface area contributed by atoms with Crippen molar-refractivity contribution in [1.29, 1.82) is 5.26 Å². The van der Waals surface area contributed by atoms with Gasteiger partial charge in [-0.3, -0.25) is 19.1 Å². The van der Waals surface area contributed by atoms with Crippen molar-refractivity contribution in [2.24, 2.45) is 0 Å². The van der Waals surface area contributed by atoms with Gasteiger partial charge in [0.05, 0.1) is 11.6 Å². The highest BCUT2D eigenvalue weighted by molar-refractivity contribution is 5.90. The summed E-state index contributed by atoms with van der Waals surface area (Å²) in [5.74, 6) is 0.120. The second kappa shape index (κ2) is 8.51. The van der Waals surface area contributed by atoms with E-state index in [0.717, 1.165) is 10.1 Å². The molecule has 0 spiro atoms. The van der Waals surface area contributed by atoms with E-state index in [2.05, 4.69) is 16.4 Å². The van der Waals surface area contributed by atoms with Gasteiger partial charge in [0.15, 0.2) is 0 Å². The lowest BCUT2D eigenvalue weighted by molar-refractivity contribution is -0.116. The molecule has 0 aliphatic carbocycles. The molecule has 0 saturated carbocycles. The van der Waals surface area contributed by atoms with Crippen LogP contribution in [-0.4, -0.2) is 15.5 Å². The number of carbonyl (C=O) groups is 1. The maximum absolute atomic E-state index is 12.1. The standard InChI is InChI=1S/C20H16N4O4/c21-11-14-3-1-4-15(9-14)13-28-17-6-2-5-16(10-17)22-19(26)12-24-8-7-18(25)23-20(24)27/h1-10H,12-13H2,(H,22,26)(H,23,25,27). The van der Waals surface area contributed by atoms with E-state index in [0.29, 0.717) is 17.0 Å². The number of aromatic nitrogens is 2. The number of benzene rings is 2. The van der Waals surface area contributed by atoms with E-state index in [1.165, 1.54) is 12.3 Å². The maximum Gasteiger partial charge on any atom is 0.328 e. The Labute approximate surface area is 159 Å². The molecule has 2 N–H and O–H groups in total. The summed E-state index contributed by atoms with van der Waals surface area (Å²) in [7, 11) is 0. The molecule has 0 aliphatic heterocycles. The lowest BCUT2D eigenvalue weighted by Gasteiger charge is -2.10. The van der Waals surface area contributed by atoms with E-state index >= 15 is 0 Å². The van der Waals surface area contributed by atoms with Crippen LogP contribution in [0, 0.1) is 11.3 Å². The highest BCUT2D eigenvalue weighted by Crippen LogP contribution is 2.19. The molecule has 1 aromatic heterocycles. The van der Waals surface area contributed by atoms with Crippen LogP contribution < -0.4 is 21.3 Å². The zero-order valence-corrected chi connectivity index (χ0v) is 14.7. The van der Waals surface area contributed by atoms with Gasteiger partial charge in [0, 0.05) is 24.0 Å². The van der Waals surface area contributed by atoms with Crippen molar-refractivity contribution in [1.82, 2.24) is 9.55 Å². The van der Waals surface area contributed by atoms with Gasteiger partial charge in [-0.05, 0) is 29.8 Å². The lowest BCUT2D eigenvalue weighted by Crippen LogP contribution is -2.32. The smallest absolute Gasteiger partial charge is 0.328 e. The predicted molar refractivity (Wildman–Crippen MR) is 102 cm³/mol. The molecule has 0 atom stereocenters. The molecular weight excluding hydrogens is 360 g/mol. The Balaban J connectivity index is 1.62. The van der Waals surface area contributed by atoms with E-state index in [4.69, 9.17) is 10.00 Å². The molecule has 0 radical (unpaired) electrons. The molecule has 0 aliphatic rings. The first-order valence-electron chi connectivity index (χ1n) is 8.35. The minimum absolute atomic E-state index is 0.234. The first kappa shape index (κ1) is 18.7. The van der Waals surface area contributed by atoms with E-state index < -0.39 is 17.2 Å². The fourth-order valence-electron chi connectivity index (χ4n) is 2.48. The van der Waals surface area contributed by atoms with E-state index in [1.807, 2.05) is 6.07 Å². The Morgan fingerprint density at radius 2 is 1.96 bits per heavy atom. The van der Waals surface area contributed by atoms with Crippen LogP contribution in [0.1, 0.15) is 11.1 Å². The topological polar surface area (TPSA) is 117 Å². The highest BCUT2D eigenvalue weighted by Gasteiger charge is 2.07. The molecule has 0 unspecified atom stereocenters. The van der Waals surface area contributed by atoms with Gasteiger partial charge in [-0.15, -0.1) is 0 Å². The van der Waals surface area contributed by atoms with Crippen LogP contribution in [0.3, 0.4) is 0 Å². The van der Waals surface area contributed by atoms with Crippen LogP contribution in [0.4, 0.5) is 5.69 Å². The van der Waals surface area contributed by atoms with Crippen molar-refractivity contribution < 1.29 is 9.53 Å². The summed E-state index contributed by atoms with van der Waals surface area (Å²) in [6, 6.07) is 17.2. The average Bonchev–Trinajstić information content (AvgIpc) is 2.69. The molecule has 1 heterocycles. The van der Waals surface area contributed by atoms with Crippen molar-refractivity contribution in [2.45, 2.75) is 13.2 Å². The van der Waals surface area contributed by atoms with Crippen molar-refractivity contribution in [3.8, 4) is 11.8 Å². The number of aromatic amines is 1. The number of hydrogen-bond donors (Lipinski definition) is 2. The van der Waals surface area contributed by atoms with Crippen LogP contribution in [0.2, 0.25) is 0 Å². The van der Waals surface area contributed by atoms with Crippen LogP contribution in [0.5, 0.6) is 5.75 Å². The third-order valence-corrected chi connectivity index (χ3v) is 3.79. The number of H-pyrrole nitrogens is 1. The zero-order valence-electron chi connectivity index (χ0n) is 14.7. The van der Waals surface area contributed by atoms with Gasteiger partial charge in [0.25, 0.3) is 5.56 Å². The zero-order chi connectivity index (χ0) is 19.9. The Kier molecular flexibility index (Phi) is 5.67. The number of anilines is 1. The van der Waals surface area contributed by atoms with E-state index in [9.17, 15) is 14.4 Å². The first-order chi connectivity index (χ1) is 13.5. The Morgan fingerprint density at radius 1 is 1.14 bits per heavy atom. The van der Waals surface area contributed by atoms with Gasteiger partial charge in [-0.1, -0.05) is 18.2 Å². The van der Waals surface area contributed by atoms with Crippen LogP contribution in [0.15, 0.2) is 70.4 Å². The summed E-state index contributed by atoms with van der Waals surface area (Å²) >= 11 is 0. The Hall–Kier alpha value is -4.12. The highest BCUT2D eigenvalue weighted by atomic mass is 16.5. The summed E-state index contributed by atoms with van der Waals surface area (Å²) in [6.07, 6.45) is 1.26. The minimum Gasteiger partial charge on any atom is -0.489 e. The van der Waals surface area contributed by atoms with Crippen molar-refractivity contribution in [3.05, 3.63) is 92.8 Å². The Bertz CT molecular complexity index is 1160. The quantitative estimate of drug-likeness (QED) is 0.678. The third-order valence-electron chi connectivity index (χ3n) is 3.79. The number of hydrogen-bond acceptors (Lipinski definition) is 5. The molecule has 0 bridgehead atoms. The minimum atomic E-state index is -0.653. The Morgan fingerprint density at radius 3 is 2.75 bits per heavy atom. The summed E-state index contributed by atoms with van der Waals surface area (Å²) < 4.78 is 6.81. The molecule has 8 heteroatoms. The number of nitrogens with one attached hydrogen (secondary N) is 2. The van der Waals surface area contributed by atoms with Crippen molar-refractivity contribution in [3.63, 3.8) is 0 Å².